The lowest BCUT2D eigenvalue weighted by molar-refractivity contribution is 0.199. The van der Waals surface area contributed by atoms with Crippen molar-refractivity contribution in [2.75, 3.05) is 0 Å². The molecule has 1 fully saturated rings. The van der Waals surface area contributed by atoms with Crippen LogP contribution in [0.5, 0.6) is 0 Å². The molecule has 1 atom stereocenters. The van der Waals surface area contributed by atoms with Crippen LogP contribution in [0.1, 0.15) is 37.2 Å². The summed E-state index contributed by atoms with van der Waals surface area (Å²) in [6.07, 6.45) is 2.15. The minimum Gasteiger partial charge on any atom is -0.460 e. The maximum Gasteiger partial charge on any atom is 0.134 e. The third-order valence-corrected chi connectivity index (χ3v) is 3.48. The summed E-state index contributed by atoms with van der Waals surface area (Å²) in [5.41, 5.74) is 1.97. The number of rotatable bonds is 5. The van der Waals surface area contributed by atoms with Gasteiger partial charge in [0.15, 0.2) is 0 Å². The van der Waals surface area contributed by atoms with Gasteiger partial charge in [0.2, 0.25) is 0 Å². The predicted octanol–water partition coefficient (Wildman–Crippen LogP) is 3.25. The maximum atomic E-state index is 9.49. The van der Waals surface area contributed by atoms with Gasteiger partial charge in [0.05, 0.1) is 12.6 Å². The molecule has 1 aliphatic rings. The highest BCUT2D eigenvalue weighted by atomic mass is 16.3. The van der Waals surface area contributed by atoms with Crippen LogP contribution in [0.3, 0.4) is 0 Å². The Labute approximate surface area is 113 Å². The molecule has 3 heteroatoms. The van der Waals surface area contributed by atoms with Crippen molar-refractivity contribution < 1.29 is 9.52 Å². The average molecular weight is 257 g/mol. The number of aliphatic hydroxyl groups is 1. The second-order valence-electron chi connectivity index (χ2n) is 5.22. The molecule has 0 unspecified atom stereocenters. The molecule has 0 saturated heterocycles. The van der Waals surface area contributed by atoms with Crippen molar-refractivity contribution in [2.45, 2.75) is 38.5 Å². The van der Waals surface area contributed by atoms with Gasteiger partial charge in [0.1, 0.15) is 11.5 Å². The van der Waals surface area contributed by atoms with Crippen LogP contribution in [0.4, 0.5) is 0 Å². The number of hydrogen-bond donors (Lipinski definition) is 2. The molecule has 1 aromatic carbocycles. The van der Waals surface area contributed by atoms with E-state index < -0.39 is 6.10 Å². The molecular formula is C16H19NO2. The van der Waals surface area contributed by atoms with Crippen LogP contribution in [0, 0.1) is 0 Å². The molecule has 0 spiro atoms. The lowest BCUT2D eigenvalue weighted by atomic mass is 10.1. The predicted molar refractivity (Wildman–Crippen MR) is 74.6 cm³/mol. The Balaban J connectivity index is 1.70. The zero-order chi connectivity index (χ0) is 13.2. The summed E-state index contributed by atoms with van der Waals surface area (Å²) in [5.74, 6) is 1.85. The van der Waals surface area contributed by atoms with Gasteiger partial charge in [-0.25, -0.2) is 0 Å². The van der Waals surface area contributed by atoms with Crippen molar-refractivity contribution in [3.63, 3.8) is 0 Å². The van der Waals surface area contributed by atoms with Gasteiger partial charge >= 0.3 is 0 Å². The van der Waals surface area contributed by atoms with Crippen LogP contribution < -0.4 is 5.32 Å². The molecule has 1 aliphatic carbocycles. The minimum absolute atomic E-state index is 0.427. The first-order valence-electron chi connectivity index (χ1n) is 6.83. The van der Waals surface area contributed by atoms with E-state index in [0.717, 1.165) is 29.2 Å². The Bertz CT molecular complexity index is 538. The van der Waals surface area contributed by atoms with Gasteiger partial charge in [0.25, 0.3) is 0 Å². The van der Waals surface area contributed by atoms with Gasteiger partial charge in [-0.05, 0) is 37.5 Å². The van der Waals surface area contributed by atoms with E-state index in [0.29, 0.717) is 6.04 Å². The van der Waals surface area contributed by atoms with E-state index in [1.165, 1.54) is 12.8 Å². The molecule has 2 aromatic rings. The van der Waals surface area contributed by atoms with Gasteiger partial charge in [0, 0.05) is 11.6 Å². The molecule has 1 aromatic heterocycles. The summed E-state index contributed by atoms with van der Waals surface area (Å²) in [6.45, 7) is 2.57. The third-order valence-electron chi connectivity index (χ3n) is 3.48. The van der Waals surface area contributed by atoms with E-state index in [1.807, 2.05) is 36.4 Å². The van der Waals surface area contributed by atoms with Crippen molar-refractivity contribution in [1.82, 2.24) is 5.32 Å². The molecule has 1 heterocycles. The molecule has 0 amide bonds. The van der Waals surface area contributed by atoms with E-state index in [9.17, 15) is 5.11 Å². The fourth-order valence-electron chi connectivity index (χ4n) is 2.09. The van der Waals surface area contributed by atoms with E-state index in [4.69, 9.17) is 4.42 Å². The van der Waals surface area contributed by atoms with Gasteiger partial charge in [-0.3, -0.25) is 0 Å². The van der Waals surface area contributed by atoms with Gasteiger partial charge in [-0.15, -0.1) is 0 Å². The molecule has 3 rings (SSSR count). The number of hydrogen-bond acceptors (Lipinski definition) is 3. The molecule has 100 valence electrons. The van der Waals surface area contributed by atoms with E-state index >= 15 is 0 Å². The minimum atomic E-state index is -0.427. The Morgan fingerprint density at radius 1 is 1.21 bits per heavy atom. The number of aliphatic hydroxyl groups excluding tert-OH is 1. The number of furan rings is 1. The Kier molecular flexibility index (Phi) is 3.40. The smallest absolute Gasteiger partial charge is 0.134 e. The second kappa shape index (κ2) is 5.19. The molecule has 0 bridgehead atoms. The number of benzene rings is 1. The number of nitrogens with one attached hydrogen (secondary N) is 1. The fourth-order valence-corrected chi connectivity index (χ4v) is 2.09. The summed E-state index contributed by atoms with van der Waals surface area (Å²) in [7, 11) is 0. The molecule has 0 radical (unpaired) electrons. The maximum absolute atomic E-state index is 9.49. The van der Waals surface area contributed by atoms with Crippen molar-refractivity contribution >= 4 is 0 Å². The SMILES string of the molecule is C[C@@H](O)c1ccc(-c2ccc(CNC3CC3)o2)cc1. The lowest BCUT2D eigenvalue weighted by Gasteiger charge is -2.05. The summed E-state index contributed by atoms with van der Waals surface area (Å²) in [6, 6.07) is 12.6. The quantitative estimate of drug-likeness (QED) is 0.864. The Morgan fingerprint density at radius 3 is 2.58 bits per heavy atom. The first kappa shape index (κ1) is 12.5. The molecule has 3 nitrogen and oxygen atoms in total. The van der Waals surface area contributed by atoms with Crippen LogP contribution in [-0.4, -0.2) is 11.1 Å². The summed E-state index contributed by atoms with van der Waals surface area (Å²) < 4.78 is 5.82. The third kappa shape index (κ3) is 3.06. The van der Waals surface area contributed by atoms with Crippen molar-refractivity contribution in [1.29, 1.82) is 0 Å². The highest BCUT2D eigenvalue weighted by molar-refractivity contribution is 5.58. The molecule has 1 saturated carbocycles. The molecule has 19 heavy (non-hydrogen) atoms. The Hall–Kier alpha value is -1.58. The summed E-state index contributed by atoms with van der Waals surface area (Å²) >= 11 is 0. The first-order valence-corrected chi connectivity index (χ1v) is 6.83. The summed E-state index contributed by atoms with van der Waals surface area (Å²) in [4.78, 5) is 0. The first-order chi connectivity index (χ1) is 9.22. The molecule has 2 N–H and O–H groups in total. The highest BCUT2D eigenvalue weighted by Gasteiger charge is 2.20. The zero-order valence-corrected chi connectivity index (χ0v) is 11.1. The van der Waals surface area contributed by atoms with Crippen LogP contribution in [0.15, 0.2) is 40.8 Å². The van der Waals surface area contributed by atoms with Crippen LogP contribution in [0.25, 0.3) is 11.3 Å². The second-order valence-corrected chi connectivity index (χ2v) is 5.22. The standard InChI is InChI=1S/C16H19NO2/c1-11(18)12-2-4-13(5-3-12)16-9-8-15(19-16)10-17-14-6-7-14/h2-5,8-9,11,14,17-18H,6-7,10H2,1H3/t11-/m1/s1. The lowest BCUT2D eigenvalue weighted by Crippen LogP contribution is -2.14. The van der Waals surface area contributed by atoms with Crippen molar-refractivity contribution in [2.24, 2.45) is 0 Å². The van der Waals surface area contributed by atoms with E-state index in [1.54, 1.807) is 6.92 Å². The fraction of sp³-hybridized carbons (Fsp3) is 0.375. The van der Waals surface area contributed by atoms with E-state index in [2.05, 4.69) is 5.32 Å². The summed E-state index contributed by atoms with van der Waals surface area (Å²) in [5, 5.41) is 12.9. The average Bonchev–Trinajstić information content (AvgIpc) is 3.13. The van der Waals surface area contributed by atoms with Crippen molar-refractivity contribution in [3.05, 3.63) is 47.7 Å². The van der Waals surface area contributed by atoms with Gasteiger partial charge in [-0.2, -0.15) is 0 Å². The van der Waals surface area contributed by atoms with Gasteiger partial charge in [-0.1, -0.05) is 24.3 Å². The Morgan fingerprint density at radius 2 is 1.95 bits per heavy atom. The van der Waals surface area contributed by atoms with Crippen molar-refractivity contribution in [3.8, 4) is 11.3 Å². The van der Waals surface area contributed by atoms with E-state index in [-0.39, 0.29) is 0 Å². The largest absolute Gasteiger partial charge is 0.460 e. The van der Waals surface area contributed by atoms with Gasteiger partial charge < -0.3 is 14.8 Å². The monoisotopic (exact) mass is 257 g/mol. The van der Waals surface area contributed by atoms with Crippen LogP contribution >= 0.6 is 0 Å². The van der Waals surface area contributed by atoms with Crippen LogP contribution in [0.2, 0.25) is 0 Å². The molecule has 0 aliphatic heterocycles. The normalized spacial score (nSPS) is 16.5. The van der Waals surface area contributed by atoms with Crippen LogP contribution in [-0.2, 0) is 6.54 Å². The topological polar surface area (TPSA) is 45.4 Å². The molecular weight excluding hydrogens is 238 g/mol. The zero-order valence-electron chi connectivity index (χ0n) is 11.1. The highest BCUT2D eigenvalue weighted by Crippen LogP contribution is 2.25.